The Bertz CT molecular complexity index is 598. The maximum Gasteiger partial charge on any atom is 0.401 e. The van der Waals surface area contributed by atoms with E-state index in [2.05, 4.69) is 10.6 Å². The van der Waals surface area contributed by atoms with Crippen molar-refractivity contribution in [3.05, 3.63) is 0 Å². The fraction of sp³-hybridized carbons (Fsp3) is 1.00. The van der Waals surface area contributed by atoms with Crippen molar-refractivity contribution in [3.63, 3.8) is 0 Å². The van der Waals surface area contributed by atoms with Gasteiger partial charge in [0.15, 0.2) is 0 Å². The molecule has 0 aromatic carbocycles. The van der Waals surface area contributed by atoms with Crippen LogP contribution in [0.1, 0.15) is 39.5 Å². The van der Waals surface area contributed by atoms with Crippen LogP contribution in [0, 0.1) is 10.8 Å². The molecule has 0 aliphatic carbocycles. The average molecular weight is 497 g/mol. The van der Waals surface area contributed by atoms with Crippen LogP contribution in [0.4, 0.5) is 35.1 Å². The van der Waals surface area contributed by atoms with Crippen LogP contribution >= 0.6 is 0 Å². The Hall–Kier alpha value is -0.720. The summed E-state index contributed by atoms with van der Waals surface area (Å²) >= 11 is 0. The quantitative estimate of drug-likeness (QED) is 0.563. The lowest BCUT2D eigenvalue weighted by Gasteiger charge is -2.49. The van der Waals surface area contributed by atoms with Gasteiger partial charge in [-0.3, -0.25) is 9.80 Å². The first kappa shape index (κ1) is 28.5. The van der Waals surface area contributed by atoms with Crippen molar-refractivity contribution in [1.29, 1.82) is 0 Å². The molecule has 2 spiro atoms. The van der Waals surface area contributed by atoms with Gasteiger partial charge in [0.25, 0.3) is 5.92 Å². The summed E-state index contributed by atoms with van der Waals surface area (Å²) in [5, 5.41) is 6.02. The van der Waals surface area contributed by atoms with Gasteiger partial charge in [-0.1, -0.05) is 13.8 Å². The first-order valence-electron chi connectivity index (χ1n) is 11.6. The molecule has 12 heteroatoms. The molecule has 0 bridgehead atoms. The molecule has 0 saturated carbocycles. The van der Waals surface area contributed by atoms with Crippen LogP contribution in [-0.2, 0) is 0 Å². The van der Waals surface area contributed by atoms with E-state index in [9.17, 15) is 35.1 Å². The second-order valence-corrected chi connectivity index (χ2v) is 9.56. The Balaban J connectivity index is 0.000000221. The van der Waals surface area contributed by atoms with Crippen molar-refractivity contribution in [2.45, 2.75) is 57.8 Å². The lowest BCUT2D eigenvalue weighted by atomic mass is 9.75. The van der Waals surface area contributed by atoms with Gasteiger partial charge in [-0.15, -0.1) is 0 Å². The third-order valence-corrected chi connectivity index (χ3v) is 6.74. The van der Waals surface area contributed by atoms with Crippen molar-refractivity contribution < 1.29 is 35.1 Å². The molecular weight excluding hydrogens is 460 g/mol. The zero-order valence-electron chi connectivity index (χ0n) is 19.3. The monoisotopic (exact) mass is 496 g/mol. The standard InChI is InChI=1S/C10H15F5N2.C9H15F3N2.C2H6/c11-9(12)6-17(7-10(13,14)15)5-8(9)2-1-3-16-4-8;10-9(11,12)7-14-3-1-2-8(6-14)4-13-5-8;1-2/h16H,1-7H2;13H,1-7H2;1-2H3. The molecule has 0 amide bonds. The van der Waals surface area contributed by atoms with Crippen molar-refractivity contribution in [3.8, 4) is 0 Å². The van der Waals surface area contributed by atoms with Gasteiger partial charge in [-0.05, 0) is 38.8 Å². The van der Waals surface area contributed by atoms with Gasteiger partial charge in [-0.2, -0.15) is 26.3 Å². The van der Waals surface area contributed by atoms with Gasteiger partial charge >= 0.3 is 12.4 Å². The molecule has 4 nitrogen and oxygen atoms in total. The number of alkyl halides is 8. The lowest BCUT2D eigenvalue weighted by Crippen LogP contribution is -2.61. The minimum Gasteiger partial charge on any atom is -0.316 e. The van der Waals surface area contributed by atoms with Crippen LogP contribution in [-0.4, -0.2) is 93.5 Å². The molecule has 1 unspecified atom stereocenters. The number of nitrogens with zero attached hydrogens (tertiary/aromatic N) is 2. The molecule has 4 fully saturated rings. The molecule has 4 aliphatic heterocycles. The smallest absolute Gasteiger partial charge is 0.316 e. The molecule has 196 valence electrons. The largest absolute Gasteiger partial charge is 0.401 e. The van der Waals surface area contributed by atoms with Crippen LogP contribution in [0.3, 0.4) is 0 Å². The number of rotatable bonds is 2. The van der Waals surface area contributed by atoms with Crippen LogP contribution in [0.2, 0.25) is 0 Å². The van der Waals surface area contributed by atoms with Gasteiger partial charge < -0.3 is 10.6 Å². The van der Waals surface area contributed by atoms with E-state index in [1.54, 1.807) is 4.90 Å². The van der Waals surface area contributed by atoms with E-state index in [-0.39, 0.29) is 18.5 Å². The highest BCUT2D eigenvalue weighted by Gasteiger charge is 2.60. The number of hydrogen-bond donors (Lipinski definition) is 2. The number of likely N-dealkylation sites (tertiary alicyclic amines) is 2. The summed E-state index contributed by atoms with van der Waals surface area (Å²) in [5.74, 6) is -3.04. The second-order valence-electron chi connectivity index (χ2n) is 9.56. The molecule has 4 heterocycles. The van der Waals surface area contributed by atoms with Gasteiger partial charge in [-0.25, -0.2) is 8.78 Å². The van der Waals surface area contributed by atoms with Crippen molar-refractivity contribution in [1.82, 2.24) is 20.4 Å². The zero-order valence-corrected chi connectivity index (χ0v) is 19.3. The molecule has 4 saturated heterocycles. The first-order valence-corrected chi connectivity index (χ1v) is 11.6. The van der Waals surface area contributed by atoms with Crippen molar-refractivity contribution in [2.24, 2.45) is 10.8 Å². The van der Waals surface area contributed by atoms with Crippen molar-refractivity contribution >= 4 is 0 Å². The first-order chi connectivity index (χ1) is 15.2. The van der Waals surface area contributed by atoms with Crippen LogP contribution < -0.4 is 10.6 Å². The fourth-order valence-corrected chi connectivity index (χ4v) is 5.29. The number of hydrogen-bond acceptors (Lipinski definition) is 4. The molecule has 0 radical (unpaired) electrons. The van der Waals surface area contributed by atoms with Gasteiger partial charge in [0.2, 0.25) is 0 Å². The highest BCUT2D eigenvalue weighted by molar-refractivity contribution is 5.05. The van der Waals surface area contributed by atoms with Gasteiger partial charge in [0.1, 0.15) is 0 Å². The predicted molar refractivity (Wildman–Crippen MR) is 110 cm³/mol. The van der Waals surface area contributed by atoms with Crippen LogP contribution in [0.15, 0.2) is 0 Å². The molecule has 33 heavy (non-hydrogen) atoms. The Morgan fingerprint density at radius 2 is 1.33 bits per heavy atom. The fourth-order valence-electron chi connectivity index (χ4n) is 5.29. The molecule has 0 aromatic heterocycles. The van der Waals surface area contributed by atoms with E-state index in [1.807, 2.05) is 13.8 Å². The average Bonchev–Trinajstić information content (AvgIpc) is 2.89. The summed E-state index contributed by atoms with van der Waals surface area (Å²) in [6.07, 6.45) is -5.59. The summed E-state index contributed by atoms with van der Waals surface area (Å²) < 4.78 is 101. The summed E-state index contributed by atoms with van der Waals surface area (Å²) in [4.78, 5) is 2.37. The number of halogens is 8. The minimum atomic E-state index is -4.41. The van der Waals surface area contributed by atoms with Crippen LogP contribution in [0.5, 0.6) is 0 Å². The predicted octanol–water partition coefficient (Wildman–Crippen LogP) is 4.13. The van der Waals surface area contributed by atoms with Gasteiger partial charge in [0.05, 0.1) is 25.0 Å². The highest BCUT2D eigenvalue weighted by atomic mass is 19.4. The molecule has 4 rings (SSSR count). The zero-order chi connectivity index (χ0) is 25.0. The highest BCUT2D eigenvalue weighted by Crippen LogP contribution is 2.48. The van der Waals surface area contributed by atoms with Crippen LogP contribution in [0.25, 0.3) is 0 Å². The Morgan fingerprint density at radius 1 is 0.727 bits per heavy atom. The van der Waals surface area contributed by atoms with E-state index in [4.69, 9.17) is 0 Å². The molecule has 0 aromatic rings. The third kappa shape index (κ3) is 7.90. The summed E-state index contributed by atoms with van der Waals surface area (Å²) in [7, 11) is 0. The Morgan fingerprint density at radius 3 is 1.82 bits per heavy atom. The second kappa shape index (κ2) is 10.9. The van der Waals surface area contributed by atoms with E-state index in [0.717, 1.165) is 30.8 Å². The number of piperidine rings is 2. The maximum absolute atomic E-state index is 13.9. The minimum absolute atomic E-state index is 0.106. The molecule has 1 atom stereocenters. The van der Waals surface area contributed by atoms with E-state index >= 15 is 0 Å². The van der Waals surface area contributed by atoms with Crippen molar-refractivity contribution in [2.75, 3.05) is 65.4 Å². The molecule has 2 N–H and O–H groups in total. The SMILES string of the molecule is CC.FC(F)(F)CN1CC(F)(F)C2(CCCNC2)C1.FC(F)(F)CN1CCCC2(CNC2)C1. The Kier molecular flexibility index (Phi) is 9.42. The third-order valence-electron chi connectivity index (χ3n) is 6.74. The summed E-state index contributed by atoms with van der Waals surface area (Å²) in [6, 6.07) is 0. The lowest BCUT2D eigenvalue weighted by molar-refractivity contribution is -0.154. The number of nitrogens with one attached hydrogen (secondary N) is 2. The molecule has 4 aliphatic rings. The normalized spacial score (nSPS) is 29.6. The maximum atomic E-state index is 13.9. The van der Waals surface area contributed by atoms with E-state index in [0.29, 0.717) is 32.5 Å². The summed E-state index contributed by atoms with van der Waals surface area (Å²) in [6.45, 7) is 4.81. The summed E-state index contributed by atoms with van der Waals surface area (Å²) in [5.41, 5.74) is -1.15. The van der Waals surface area contributed by atoms with E-state index in [1.165, 1.54) is 0 Å². The van der Waals surface area contributed by atoms with E-state index < -0.39 is 43.3 Å². The van der Waals surface area contributed by atoms with Gasteiger partial charge in [0, 0.05) is 38.1 Å². The molecular formula is C21H36F8N4. The Labute approximate surface area is 190 Å². The topological polar surface area (TPSA) is 30.5 Å².